The van der Waals surface area contributed by atoms with Crippen LogP contribution < -0.4 is 0 Å². The van der Waals surface area contributed by atoms with Gasteiger partial charge in [0.2, 0.25) is 0 Å². The summed E-state index contributed by atoms with van der Waals surface area (Å²) in [5, 5.41) is 6.19. The topological polar surface area (TPSA) is 63.9 Å². The van der Waals surface area contributed by atoms with Crippen LogP contribution in [0, 0.1) is 0 Å². The molecule has 160 valence electrons. The maximum absolute atomic E-state index is 13.6. The summed E-state index contributed by atoms with van der Waals surface area (Å²) in [6, 6.07) is 20.0. The first-order chi connectivity index (χ1) is 15.5. The molecule has 0 saturated heterocycles. The molecule has 0 saturated carbocycles. The van der Waals surface area contributed by atoms with Gasteiger partial charge in [-0.2, -0.15) is 5.10 Å². The number of hydrogen-bond acceptors (Lipinski definition) is 5. The molecule has 0 N–H and O–H groups in total. The van der Waals surface area contributed by atoms with E-state index in [4.69, 9.17) is 4.98 Å². The fourth-order valence-corrected chi connectivity index (χ4v) is 4.82. The molecule has 3 heterocycles. The summed E-state index contributed by atoms with van der Waals surface area (Å²) in [6.07, 6.45) is 1.75. The van der Waals surface area contributed by atoms with Crippen molar-refractivity contribution in [2.45, 2.75) is 26.4 Å². The van der Waals surface area contributed by atoms with Crippen LogP contribution in [0.2, 0.25) is 0 Å². The van der Waals surface area contributed by atoms with Gasteiger partial charge in [-0.15, -0.1) is 11.3 Å². The van der Waals surface area contributed by atoms with E-state index in [2.05, 4.69) is 30.0 Å². The van der Waals surface area contributed by atoms with E-state index >= 15 is 0 Å². The number of pyridine rings is 1. The zero-order chi connectivity index (χ0) is 22.2. The third-order valence-electron chi connectivity index (χ3n) is 5.41. The second-order valence-electron chi connectivity index (χ2n) is 8.08. The molecule has 2 aromatic carbocycles. The molecule has 5 aromatic rings. The van der Waals surface area contributed by atoms with Crippen LogP contribution in [0.4, 0.5) is 0 Å². The van der Waals surface area contributed by atoms with E-state index in [9.17, 15) is 4.79 Å². The molecule has 0 spiro atoms. The lowest BCUT2D eigenvalue weighted by atomic mass is 10.1. The Hall–Kier alpha value is -3.58. The van der Waals surface area contributed by atoms with Crippen LogP contribution in [0.15, 0.2) is 66.9 Å². The van der Waals surface area contributed by atoms with Crippen molar-refractivity contribution in [1.82, 2.24) is 24.6 Å². The van der Waals surface area contributed by atoms with E-state index in [1.54, 1.807) is 22.4 Å². The molecule has 0 unspecified atom stereocenters. The third-order valence-corrected chi connectivity index (χ3v) is 6.43. The van der Waals surface area contributed by atoms with Crippen LogP contribution in [0.1, 0.15) is 35.3 Å². The maximum atomic E-state index is 13.6. The van der Waals surface area contributed by atoms with Gasteiger partial charge in [0.05, 0.1) is 39.6 Å². The Morgan fingerprint density at radius 3 is 2.56 bits per heavy atom. The molecule has 0 radical (unpaired) electrons. The molecule has 0 atom stereocenters. The van der Waals surface area contributed by atoms with Gasteiger partial charge in [0.25, 0.3) is 5.91 Å². The van der Waals surface area contributed by atoms with Crippen molar-refractivity contribution < 1.29 is 4.79 Å². The number of nitrogens with zero attached hydrogens (tertiary/aromatic N) is 5. The Morgan fingerprint density at radius 1 is 1.06 bits per heavy atom. The summed E-state index contributed by atoms with van der Waals surface area (Å²) >= 11 is 1.62. The van der Waals surface area contributed by atoms with E-state index in [1.165, 1.54) is 0 Å². The Balaban J connectivity index is 1.56. The smallest absolute Gasteiger partial charge is 0.254 e. The number of aromatic nitrogens is 4. The SMILES string of the molecule is CC(C)n1ncc2c(C(=O)N(C)Cc3nc4ccccc4s3)cc(-c3ccccc3)nc21. The van der Waals surface area contributed by atoms with Crippen molar-refractivity contribution in [2.75, 3.05) is 7.05 Å². The standard InChI is InChI=1S/C25H23N5OS/c1-16(2)30-24-19(14-26-30)18(13-21(28-24)17-9-5-4-6-10-17)25(31)29(3)15-23-27-20-11-7-8-12-22(20)32-23/h4-14,16H,15H2,1-3H3. The lowest BCUT2D eigenvalue weighted by Gasteiger charge is -2.17. The minimum Gasteiger partial charge on any atom is -0.335 e. The van der Waals surface area contributed by atoms with Crippen molar-refractivity contribution in [1.29, 1.82) is 0 Å². The predicted molar refractivity (Wildman–Crippen MR) is 129 cm³/mol. The first kappa shape index (κ1) is 20.3. The number of para-hydroxylation sites is 1. The highest BCUT2D eigenvalue weighted by atomic mass is 32.1. The number of rotatable bonds is 5. The van der Waals surface area contributed by atoms with Crippen LogP contribution in [0.25, 0.3) is 32.5 Å². The van der Waals surface area contributed by atoms with Gasteiger partial charge in [-0.25, -0.2) is 14.6 Å². The highest BCUT2D eigenvalue weighted by Gasteiger charge is 2.21. The van der Waals surface area contributed by atoms with Crippen LogP contribution in [0.3, 0.4) is 0 Å². The largest absolute Gasteiger partial charge is 0.335 e. The van der Waals surface area contributed by atoms with E-state index in [0.29, 0.717) is 12.1 Å². The van der Waals surface area contributed by atoms with Crippen molar-refractivity contribution in [3.63, 3.8) is 0 Å². The lowest BCUT2D eigenvalue weighted by Crippen LogP contribution is -2.26. The number of carbonyl (C=O) groups is 1. The number of hydrogen-bond donors (Lipinski definition) is 0. The Kier molecular flexibility index (Phi) is 5.19. The van der Waals surface area contributed by atoms with Crippen LogP contribution in [-0.4, -0.2) is 37.6 Å². The maximum Gasteiger partial charge on any atom is 0.254 e. The molecule has 3 aromatic heterocycles. The van der Waals surface area contributed by atoms with Gasteiger partial charge in [-0.1, -0.05) is 42.5 Å². The van der Waals surface area contributed by atoms with Crippen molar-refractivity contribution in [2.24, 2.45) is 0 Å². The van der Waals surface area contributed by atoms with Gasteiger partial charge in [-0.05, 0) is 32.0 Å². The highest BCUT2D eigenvalue weighted by Crippen LogP contribution is 2.28. The summed E-state index contributed by atoms with van der Waals surface area (Å²) in [7, 11) is 1.82. The van der Waals surface area contributed by atoms with Gasteiger partial charge in [0.15, 0.2) is 5.65 Å². The fourth-order valence-electron chi connectivity index (χ4n) is 3.80. The average molecular weight is 442 g/mol. The van der Waals surface area contributed by atoms with Crippen LogP contribution in [0.5, 0.6) is 0 Å². The molecule has 0 fully saturated rings. The Labute approximate surface area is 190 Å². The number of benzene rings is 2. The summed E-state index contributed by atoms with van der Waals surface area (Å²) in [5.74, 6) is -0.0721. The normalized spacial score (nSPS) is 11.5. The first-order valence-corrected chi connectivity index (χ1v) is 11.4. The van der Waals surface area contributed by atoms with E-state index < -0.39 is 0 Å². The summed E-state index contributed by atoms with van der Waals surface area (Å²) < 4.78 is 2.99. The minimum absolute atomic E-state index is 0.0721. The number of fused-ring (bicyclic) bond motifs is 2. The summed E-state index contributed by atoms with van der Waals surface area (Å²) in [6.45, 7) is 4.56. The Morgan fingerprint density at radius 2 is 1.81 bits per heavy atom. The zero-order valence-electron chi connectivity index (χ0n) is 18.2. The molecular formula is C25H23N5OS. The van der Waals surface area contributed by atoms with E-state index in [1.807, 2.05) is 66.3 Å². The van der Waals surface area contributed by atoms with Crippen molar-refractivity contribution >= 4 is 38.5 Å². The molecule has 0 bridgehead atoms. The molecule has 5 rings (SSSR count). The van der Waals surface area contributed by atoms with Gasteiger partial charge >= 0.3 is 0 Å². The first-order valence-electron chi connectivity index (χ1n) is 10.5. The van der Waals surface area contributed by atoms with Gasteiger partial charge in [0, 0.05) is 18.7 Å². The molecule has 0 aliphatic rings. The molecule has 1 amide bonds. The van der Waals surface area contributed by atoms with Gasteiger partial charge in [0.1, 0.15) is 5.01 Å². The number of thiazole rings is 1. The molecule has 7 heteroatoms. The quantitative estimate of drug-likeness (QED) is 0.358. The molecule has 6 nitrogen and oxygen atoms in total. The second kappa shape index (κ2) is 8.16. The van der Waals surface area contributed by atoms with Gasteiger partial charge < -0.3 is 4.90 Å². The minimum atomic E-state index is -0.0721. The Bertz CT molecular complexity index is 1390. The average Bonchev–Trinajstić information content (AvgIpc) is 3.42. The lowest BCUT2D eigenvalue weighted by molar-refractivity contribution is 0.0787. The van der Waals surface area contributed by atoms with Crippen LogP contribution >= 0.6 is 11.3 Å². The fraction of sp³-hybridized carbons (Fsp3) is 0.200. The molecule has 0 aliphatic heterocycles. The van der Waals surface area contributed by atoms with Crippen molar-refractivity contribution in [3.05, 3.63) is 77.4 Å². The van der Waals surface area contributed by atoms with E-state index in [-0.39, 0.29) is 11.9 Å². The number of amides is 1. The third kappa shape index (κ3) is 3.65. The molecular weight excluding hydrogens is 418 g/mol. The van der Waals surface area contributed by atoms with Crippen molar-refractivity contribution in [3.8, 4) is 11.3 Å². The number of carbonyl (C=O) groups excluding carboxylic acids is 1. The predicted octanol–water partition coefficient (Wildman–Crippen LogP) is 5.56. The second-order valence-corrected chi connectivity index (χ2v) is 9.19. The molecule has 0 aliphatic carbocycles. The van der Waals surface area contributed by atoms with E-state index in [0.717, 1.165) is 37.5 Å². The zero-order valence-corrected chi connectivity index (χ0v) is 19.0. The summed E-state index contributed by atoms with van der Waals surface area (Å²) in [4.78, 5) is 24.8. The molecule has 32 heavy (non-hydrogen) atoms. The van der Waals surface area contributed by atoms with Gasteiger partial charge in [-0.3, -0.25) is 4.79 Å². The van der Waals surface area contributed by atoms with Crippen LogP contribution in [-0.2, 0) is 6.54 Å². The summed E-state index contributed by atoms with van der Waals surface area (Å²) in [5.41, 5.74) is 4.01. The monoisotopic (exact) mass is 441 g/mol. The highest BCUT2D eigenvalue weighted by molar-refractivity contribution is 7.18.